The fraction of sp³-hybridized carbons (Fsp3) is 1.00. The largest absolute Gasteiger partial charge is 0.266 e. The van der Waals surface area contributed by atoms with Crippen LogP contribution in [0.4, 0.5) is 0 Å². The molecule has 62 valence electrons. The van der Waals surface area contributed by atoms with Gasteiger partial charge >= 0.3 is 0 Å². The van der Waals surface area contributed by atoms with E-state index in [-0.39, 0.29) is 11.5 Å². The monoisotopic (exact) mass is 149 g/mol. The Morgan fingerprint density at radius 1 is 1.50 bits per heavy atom. The Morgan fingerprint density at radius 2 is 2.10 bits per heavy atom. The van der Waals surface area contributed by atoms with Gasteiger partial charge < -0.3 is 0 Å². The van der Waals surface area contributed by atoms with Crippen molar-refractivity contribution in [2.75, 3.05) is 0 Å². The van der Waals surface area contributed by atoms with E-state index in [9.17, 15) is 0 Å². The molecule has 1 atom stereocenters. The smallest absolute Gasteiger partial charge is 0.0816 e. The second-order valence-electron chi connectivity index (χ2n) is 2.31. The maximum Gasteiger partial charge on any atom is 0.0816 e. The van der Waals surface area contributed by atoms with Gasteiger partial charge in [0.05, 0.1) is 11.5 Å². The van der Waals surface area contributed by atoms with Gasteiger partial charge in [0.25, 0.3) is 0 Å². The first-order valence-corrected chi connectivity index (χ1v) is 3.51. The quantitative estimate of drug-likeness (QED) is 0.583. The summed E-state index contributed by atoms with van der Waals surface area (Å²) < 4.78 is 0. The topological polar surface area (TPSA) is 52.9 Å². The summed E-state index contributed by atoms with van der Waals surface area (Å²) in [6.07, 6.45) is 2.84. The molecular weight excluding hydrogens is 134 g/mol. The predicted molar refractivity (Wildman–Crippen MR) is 35.5 cm³/mol. The number of unbranched alkanes of at least 4 members (excludes halogenated alkanes) is 1. The summed E-state index contributed by atoms with van der Waals surface area (Å²) in [5.74, 6) is 0. The zero-order valence-electron chi connectivity index (χ0n) is 6.45. The summed E-state index contributed by atoms with van der Waals surface area (Å²) in [5.41, 5.74) is 0. The lowest BCUT2D eigenvalue weighted by atomic mass is 10.2. The van der Waals surface area contributed by atoms with Crippen molar-refractivity contribution < 1.29 is 15.3 Å². The molecule has 0 aromatic carbocycles. The lowest BCUT2D eigenvalue weighted by Gasteiger charge is -2.12. The van der Waals surface area contributed by atoms with Gasteiger partial charge in [-0.2, -0.15) is 0 Å². The van der Waals surface area contributed by atoms with E-state index >= 15 is 0 Å². The second kappa shape index (κ2) is 5.61. The van der Waals surface area contributed by atoms with E-state index in [1.54, 1.807) is 6.92 Å². The SMILES string of the molecule is CCCC[C@H](C)ON(O)O. The van der Waals surface area contributed by atoms with E-state index in [2.05, 4.69) is 11.8 Å². The molecule has 0 aliphatic rings. The van der Waals surface area contributed by atoms with Crippen molar-refractivity contribution >= 4 is 0 Å². The van der Waals surface area contributed by atoms with Gasteiger partial charge in [-0.05, 0) is 13.3 Å². The molecule has 0 bridgehead atoms. The van der Waals surface area contributed by atoms with Gasteiger partial charge in [-0.3, -0.25) is 10.4 Å². The molecule has 0 saturated heterocycles. The van der Waals surface area contributed by atoms with E-state index in [4.69, 9.17) is 10.4 Å². The van der Waals surface area contributed by atoms with Crippen LogP contribution >= 0.6 is 0 Å². The molecule has 0 amide bonds. The molecule has 10 heavy (non-hydrogen) atoms. The molecule has 4 heteroatoms. The minimum absolute atomic E-state index is 0.130. The van der Waals surface area contributed by atoms with Crippen LogP contribution in [0.15, 0.2) is 0 Å². The van der Waals surface area contributed by atoms with Crippen molar-refractivity contribution in [3.63, 3.8) is 0 Å². The summed E-state index contributed by atoms with van der Waals surface area (Å²) in [5, 5.41) is 16.1. The van der Waals surface area contributed by atoms with Crippen molar-refractivity contribution in [1.29, 1.82) is 0 Å². The van der Waals surface area contributed by atoms with Gasteiger partial charge in [-0.25, -0.2) is 4.84 Å². The lowest BCUT2D eigenvalue weighted by molar-refractivity contribution is -0.503. The van der Waals surface area contributed by atoms with Gasteiger partial charge in [0, 0.05) is 0 Å². The third-order valence-corrected chi connectivity index (χ3v) is 1.24. The van der Waals surface area contributed by atoms with Crippen LogP contribution in [-0.4, -0.2) is 21.9 Å². The highest BCUT2D eigenvalue weighted by molar-refractivity contribution is 4.46. The fourth-order valence-corrected chi connectivity index (χ4v) is 0.705. The van der Waals surface area contributed by atoms with Gasteiger partial charge in [0.1, 0.15) is 0 Å². The molecule has 0 unspecified atom stereocenters. The van der Waals surface area contributed by atoms with E-state index in [1.165, 1.54) is 0 Å². The molecule has 0 fully saturated rings. The van der Waals surface area contributed by atoms with E-state index in [1.807, 2.05) is 0 Å². The predicted octanol–water partition coefficient (Wildman–Crippen LogP) is 1.58. The molecule has 0 rings (SSSR count). The van der Waals surface area contributed by atoms with E-state index < -0.39 is 0 Å². The third-order valence-electron chi connectivity index (χ3n) is 1.24. The highest BCUT2D eigenvalue weighted by Gasteiger charge is 2.04. The average molecular weight is 149 g/mol. The Hall–Kier alpha value is -0.160. The Bertz CT molecular complexity index is 77.4. The minimum Gasteiger partial charge on any atom is -0.266 e. The van der Waals surface area contributed by atoms with Gasteiger partial charge in [0.2, 0.25) is 0 Å². The van der Waals surface area contributed by atoms with Crippen molar-refractivity contribution in [3.8, 4) is 0 Å². The Labute approximate surface area is 60.9 Å². The fourth-order valence-electron chi connectivity index (χ4n) is 0.705. The van der Waals surface area contributed by atoms with Crippen LogP contribution in [0.1, 0.15) is 33.1 Å². The zero-order valence-corrected chi connectivity index (χ0v) is 6.45. The van der Waals surface area contributed by atoms with Crippen LogP contribution in [0, 0.1) is 0 Å². The van der Waals surface area contributed by atoms with Crippen molar-refractivity contribution in [2.45, 2.75) is 39.2 Å². The number of hydrogen-bond donors (Lipinski definition) is 2. The lowest BCUT2D eigenvalue weighted by Crippen LogP contribution is -2.21. The maximum atomic E-state index is 8.19. The normalized spacial score (nSPS) is 14.1. The van der Waals surface area contributed by atoms with Gasteiger partial charge in [-0.1, -0.05) is 19.8 Å². The van der Waals surface area contributed by atoms with Crippen molar-refractivity contribution in [3.05, 3.63) is 0 Å². The molecule has 0 aliphatic carbocycles. The number of rotatable bonds is 5. The molecule has 0 aromatic heterocycles. The average Bonchev–Trinajstić information content (AvgIpc) is 1.82. The van der Waals surface area contributed by atoms with Crippen molar-refractivity contribution in [2.24, 2.45) is 0 Å². The molecule has 0 heterocycles. The first-order valence-electron chi connectivity index (χ1n) is 3.51. The van der Waals surface area contributed by atoms with Gasteiger partial charge in [0.15, 0.2) is 0 Å². The molecule has 0 radical (unpaired) electrons. The molecule has 0 spiro atoms. The Kier molecular flexibility index (Phi) is 5.52. The van der Waals surface area contributed by atoms with Crippen LogP contribution < -0.4 is 0 Å². The molecule has 2 N–H and O–H groups in total. The highest BCUT2D eigenvalue weighted by Crippen LogP contribution is 2.03. The molecule has 4 nitrogen and oxygen atoms in total. The zero-order chi connectivity index (χ0) is 7.98. The Balaban J connectivity index is 3.16. The van der Waals surface area contributed by atoms with E-state index in [0.29, 0.717) is 0 Å². The van der Waals surface area contributed by atoms with Crippen molar-refractivity contribution in [1.82, 2.24) is 5.39 Å². The summed E-state index contributed by atoms with van der Waals surface area (Å²) in [7, 11) is 0. The standard InChI is InChI=1S/C6H15NO3/c1-3-4-5-6(2)10-7(8)9/h6,8-9H,3-5H2,1-2H3/t6-/m0/s1. The van der Waals surface area contributed by atoms with Crippen LogP contribution in [0.25, 0.3) is 0 Å². The summed E-state index contributed by atoms with van der Waals surface area (Å²) in [6, 6.07) is 0. The van der Waals surface area contributed by atoms with Crippen LogP contribution in [0.5, 0.6) is 0 Å². The minimum atomic E-state index is -0.236. The van der Waals surface area contributed by atoms with Crippen LogP contribution in [0.2, 0.25) is 0 Å². The third kappa shape index (κ3) is 5.97. The van der Waals surface area contributed by atoms with Crippen LogP contribution in [-0.2, 0) is 4.84 Å². The summed E-state index contributed by atoms with van der Waals surface area (Å²) >= 11 is 0. The maximum absolute atomic E-state index is 8.19. The molecular formula is C6H15NO3. The first-order chi connectivity index (χ1) is 4.66. The molecule has 0 aromatic rings. The Morgan fingerprint density at radius 3 is 2.50 bits per heavy atom. The van der Waals surface area contributed by atoms with Gasteiger partial charge in [-0.15, -0.1) is 0 Å². The second-order valence-corrected chi connectivity index (χ2v) is 2.31. The number of nitrogens with zero attached hydrogens (tertiary/aromatic N) is 1. The highest BCUT2D eigenvalue weighted by atomic mass is 17.1. The number of hydrogen-bond acceptors (Lipinski definition) is 4. The summed E-state index contributed by atoms with van der Waals surface area (Å²) in [4.78, 5) is 4.50. The van der Waals surface area contributed by atoms with E-state index in [0.717, 1.165) is 19.3 Å². The van der Waals surface area contributed by atoms with Crippen LogP contribution in [0.3, 0.4) is 0 Å². The molecule has 0 aliphatic heterocycles. The first kappa shape index (κ1) is 9.84. The summed E-state index contributed by atoms with van der Waals surface area (Å²) in [6.45, 7) is 3.86. The molecule has 0 saturated carbocycles.